The molecule has 0 heterocycles. The van der Waals surface area contributed by atoms with Crippen LogP contribution >= 0.6 is 0 Å². The van der Waals surface area contributed by atoms with Gasteiger partial charge in [0.1, 0.15) is 0 Å². The van der Waals surface area contributed by atoms with Crippen molar-refractivity contribution in [3.8, 4) is 0 Å². The Hall–Kier alpha value is -1.64. The van der Waals surface area contributed by atoms with Crippen LogP contribution in [0.25, 0.3) is 0 Å². The minimum atomic E-state index is -3.58. The number of carboxylic acids is 1. The fourth-order valence-corrected chi connectivity index (χ4v) is 3.62. The van der Waals surface area contributed by atoms with Crippen molar-refractivity contribution in [2.24, 2.45) is 0 Å². The lowest BCUT2D eigenvalue weighted by molar-refractivity contribution is -0.136. The quantitative estimate of drug-likeness (QED) is 0.631. The van der Waals surface area contributed by atoms with E-state index in [1.807, 2.05) is 32.9 Å². The Kier molecular flexibility index (Phi) is 6.55. The summed E-state index contributed by atoms with van der Waals surface area (Å²) in [7, 11) is -3.58. The van der Waals surface area contributed by atoms with Crippen LogP contribution in [-0.4, -0.2) is 56.6 Å². The van der Waals surface area contributed by atoms with Crippen molar-refractivity contribution in [1.82, 2.24) is 5.32 Å². The molecule has 0 unspecified atom stereocenters. The van der Waals surface area contributed by atoms with Gasteiger partial charge in [-0.05, 0) is 31.9 Å². The van der Waals surface area contributed by atoms with Crippen molar-refractivity contribution in [1.29, 1.82) is 0 Å². The van der Waals surface area contributed by atoms with Crippen molar-refractivity contribution in [2.75, 3.05) is 30.2 Å². The highest BCUT2D eigenvalue weighted by molar-refractivity contribution is 7.92. The maximum absolute atomic E-state index is 12.1. The Balaban J connectivity index is 3.02. The number of carbonyl (C=O) groups is 1. The van der Waals surface area contributed by atoms with Crippen LogP contribution in [0.4, 0.5) is 5.69 Å². The number of aliphatic hydroxyl groups is 1. The van der Waals surface area contributed by atoms with Crippen LogP contribution in [0.2, 0.25) is 0 Å². The van der Waals surface area contributed by atoms with Gasteiger partial charge in [0.05, 0.1) is 31.1 Å². The van der Waals surface area contributed by atoms with Gasteiger partial charge in [0, 0.05) is 6.54 Å². The number of nitrogens with zero attached hydrogens (tertiary/aromatic N) is 1. The molecule has 7 nitrogen and oxygen atoms in total. The lowest BCUT2D eigenvalue weighted by Gasteiger charge is -2.28. The zero-order chi connectivity index (χ0) is 17.8. The third-order valence-corrected chi connectivity index (χ3v) is 4.45. The Morgan fingerprint density at radius 1 is 1.26 bits per heavy atom. The Morgan fingerprint density at radius 3 is 2.22 bits per heavy atom. The number of nitrogens with one attached hydrogen (secondary N) is 1. The van der Waals surface area contributed by atoms with E-state index in [-0.39, 0.29) is 19.6 Å². The van der Waals surface area contributed by atoms with E-state index in [2.05, 4.69) is 5.32 Å². The summed E-state index contributed by atoms with van der Waals surface area (Å²) >= 11 is 0. The van der Waals surface area contributed by atoms with Gasteiger partial charge >= 0.3 is 5.97 Å². The first-order valence-electron chi connectivity index (χ1n) is 7.18. The first-order chi connectivity index (χ1) is 10.5. The summed E-state index contributed by atoms with van der Waals surface area (Å²) in [6.45, 7) is 5.13. The molecule has 0 amide bonds. The molecule has 0 saturated carbocycles. The molecule has 1 rings (SSSR count). The van der Waals surface area contributed by atoms with E-state index in [9.17, 15) is 18.3 Å². The maximum Gasteiger partial charge on any atom is 0.317 e. The number of hydrogen-bond acceptors (Lipinski definition) is 5. The normalized spacial score (nSPS) is 12.9. The van der Waals surface area contributed by atoms with Crippen LogP contribution < -0.4 is 9.62 Å². The number of sulfonamides is 1. The molecule has 0 aliphatic heterocycles. The molecule has 3 N–H and O–H groups in total. The standard InChI is InChI=1S/C15H24N2O5S/c1-10-5-11(2)15(12(3)6-10)17(23(4,21)22)9-13(18)7-16-8-14(19)20/h5-6,13,16,18H,7-9H2,1-4H3,(H,19,20)/t13-/m0/s1. The lowest BCUT2D eigenvalue weighted by Crippen LogP contribution is -2.42. The summed E-state index contributed by atoms with van der Waals surface area (Å²) in [5.74, 6) is -1.04. The smallest absolute Gasteiger partial charge is 0.317 e. The third-order valence-electron chi connectivity index (χ3n) is 3.32. The van der Waals surface area contributed by atoms with E-state index < -0.39 is 22.1 Å². The van der Waals surface area contributed by atoms with Gasteiger partial charge in [-0.2, -0.15) is 0 Å². The molecule has 1 atom stereocenters. The molecule has 0 bridgehead atoms. The van der Waals surface area contributed by atoms with Gasteiger partial charge in [0.2, 0.25) is 10.0 Å². The van der Waals surface area contributed by atoms with Crippen molar-refractivity contribution in [2.45, 2.75) is 26.9 Å². The number of aliphatic hydroxyl groups excluding tert-OH is 1. The number of anilines is 1. The maximum atomic E-state index is 12.1. The van der Waals surface area contributed by atoms with E-state index in [1.54, 1.807) is 0 Å². The molecule has 1 aromatic rings. The predicted octanol–water partition coefficient (Wildman–Crippen LogP) is 0.413. The second-order valence-corrected chi connectivity index (χ2v) is 7.63. The Bertz CT molecular complexity index is 649. The number of aryl methyl sites for hydroxylation is 3. The van der Waals surface area contributed by atoms with Crippen molar-refractivity contribution >= 4 is 21.7 Å². The van der Waals surface area contributed by atoms with E-state index in [4.69, 9.17) is 5.11 Å². The summed E-state index contributed by atoms with van der Waals surface area (Å²) in [5.41, 5.74) is 3.19. The first kappa shape index (κ1) is 19.4. The summed E-state index contributed by atoms with van der Waals surface area (Å²) in [4.78, 5) is 10.5. The molecule has 130 valence electrons. The van der Waals surface area contributed by atoms with Gasteiger partial charge in [-0.25, -0.2) is 8.42 Å². The minimum Gasteiger partial charge on any atom is -0.480 e. The molecule has 8 heteroatoms. The number of carboxylic acid groups (broad SMARTS) is 1. The highest BCUT2D eigenvalue weighted by atomic mass is 32.2. The van der Waals surface area contributed by atoms with Gasteiger partial charge < -0.3 is 15.5 Å². The van der Waals surface area contributed by atoms with E-state index >= 15 is 0 Å². The van der Waals surface area contributed by atoms with E-state index in [0.29, 0.717) is 5.69 Å². The molecular formula is C15H24N2O5S. The number of aliphatic carboxylic acids is 1. The van der Waals surface area contributed by atoms with Crippen LogP contribution in [0.1, 0.15) is 16.7 Å². The van der Waals surface area contributed by atoms with Crippen LogP contribution in [0.5, 0.6) is 0 Å². The SMILES string of the molecule is Cc1cc(C)c(N(C[C@@H](O)CNCC(=O)O)S(C)(=O)=O)c(C)c1. The second-order valence-electron chi connectivity index (χ2n) is 5.72. The fraction of sp³-hybridized carbons (Fsp3) is 0.533. The summed E-state index contributed by atoms with van der Waals surface area (Å²) < 4.78 is 25.4. The molecule has 0 saturated heterocycles. The molecule has 0 aliphatic carbocycles. The van der Waals surface area contributed by atoms with Gasteiger partial charge in [0.15, 0.2) is 0 Å². The van der Waals surface area contributed by atoms with Crippen molar-refractivity contribution < 1.29 is 23.4 Å². The monoisotopic (exact) mass is 344 g/mol. The van der Waals surface area contributed by atoms with Gasteiger partial charge in [0.25, 0.3) is 0 Å². The highest BCUT2D eigenvalue weighted by Crippen LogP contribution is 2.28. The summed E-state index contributed by atoms with van der Waals surface area (Å²) in [5, 5.41) is 21.2. The topological polar surface area (TPSA) is 107 Å². The van der Waals surface area contributed by atoms with E-state index in [0.717, 1.165) is 22.9 Å². The molecule has 0 aromatic heterocycles. The van der Waals surface area contributed by atoms with Gasteiger partial charge in [-0.3, -0.25) is 9.10 Å². The van der Waals surface area contributed by atoms with Crippen molar-refractivity contribution in [3.63, 3.8) is 0 Å². The van der Waals surface area contributed by atoms with Gasteiger partial charge in [-0.1, -0.05) is 17.7 Å². The molecule has 1 aromatic carbocycles. The third kappa shape index (κ3) is 5.81. The molecule has 0 fully saturated rings. The highest BCUT2D eigenvalue weighted by Gasteiger charge is 2.24. The average Bonchev–Trinajstić information content (AvgIpc) is 2.34. The molecule has 0 aliphatic rings. The van der Waals surface area contributed by atoms with Crippen LogP contribution in [0.3, 0.4) is 0 Å². The first-order valence-corrected chi connectivity index (χ1v) is 9.03. The van der Waals surface area contributed by atoms with Gasteiger partial charge in [-0.15, -0.1) is 0 Å². The van der Waals surface area contributed by atoms with Crippen LogP contribution in [0.15, 0.2) is 12.1 Å². The fourth-order valence-electron chi connectivity index (χ4n) is 2.56. The number of benzene rings is 1. The van der Waals surface area contributed by atoms with Crippen molar-refractivity contribution in [3.05, 3.63) is 28.8 Å². The summed E-state index contributed by atoms with van der Waals surface area (Å²) in [6, 6.07) is 3.77. The predicted molar refractivity (Wildman–Crippen MR) is 89.4 cm³/mol. The lowest BCUT2D eigenvalue weighted by atomic mass is 10.0. The number of hydrogen-bond donors (Lipinski definition) is 3. The molecular weight excluding hydrogens is 320 g/mol. The minimum absolute atomic E-state index is 0.0116. The molecule has 23 heavy (non-hydrogen) atoms. The number of rotatable bonds is 8. The zero-order valence-electron chi connectivity index (χ0n) is 13.8. The molecule has 0 radical (unpaired) electrons. The van der Waals surface area contributed by atoms with E-state index in [1.165, 1.54) is 4.31 Å². The Morgan fingerprint density at radius 2 is 1.78 bits per heavy atom. The second kappa shape index (κ2) is 7.76. The van der Waals surface area contributed by atoms with Crippen LogP contribution in [0, 0.1) is 20.8 Å². The Labute approximate surface area is 137 Å². The molecule has 0 spiro atoms. The largest absolute Gasteiger partial charge is 0.480 e. The zero-order valence-corrected chi connectivity index (χ0v) is 14.6. The summed E-state index contributed by atoms with van der Waals surface area (Å²) in [6.07, 6.45) is 0.0625. The average molecular weight is 344 g/mol. The van der Waals surface area contributed by atoms with Crippen LogP contribution in [-0.2, 0) is 14.8 Å².